The van der Waals surface area contributed by atoms with Crippen LogP contribution in [0, 0.1) is 6.92 Å². The number of thioether (sulfide) groups is 1. The Morgan fingerprint density at radius 3 is 2.74 bits per heavy atom. The van der Waals surface area contributed by atoms with Crippen molar-refractivity contribution >= 4 is 17.6 Å². The van der Waals surface area contributed by atoms with Crippen LogP contribution in [0.1, 0.15) is 16.7 Å². The molecule has 0 aliphatic heterocycles. The van der Waals surface area contributed by atoms with Gasteiger partial charge in [-0.3, -0.25) is 0 Å². The molecule has 1 heterocycles. The lowest BCUT2D eigenvalue weighted by Crippen LogP contribution is -2.13. The molecule has 0 aliphatic rings. The van der Waals surface area contributed by atoms with E-state index in [4.69, 9.17) is 10.9 Å². The molecule has 0 amide bonds. The van der Waals surface area contributed by atoms with Crippen LogP contribution in [0.15, 0.2) is 47.0 Å². The van der Waals surface area contributed by atoms with Gasteiger partial charge in [-0.1, -0.05) is 29.1 Å². The van der Waals surface area contributed by atoms with Crippen molar-refractivity contribution in [2.24, 2.45) is 10.9 Å². The molecule has 0 atom stereocenters. The van der Waals surface area contributed by atoms with E-state index in [1.54, 1.807) is 30.2 Å². The highest BCUT2D eigenvalue weighted by molar-refractivity contribution is 7.98. The number of nitrogens with zero attached hydrogens (tertiary/aromatic N) is 3. The van der Waals surface area contributed by atoms with E-state index in [2.05, 4.69) is 15.1 Å². The van der Waals surface area contributed by atoms with E-state index in [0.29, 0.717) is 5.56 Å². The summed E-state index contributed by atoms with van der Waals surface area (Å²) in [6.07, 6.45) is 3.45. The van der Waals surface area contributed by atoms with E-state index in [-0.39, 0.29) is 5.84 Å². The lowest BCUT2D eigenvalue weighted by Gasteiger charge is -2.07. The topological polar surface area (TPSA) is 84.4 Å². The number of aryl methyl sites for hydroxylation is 1. The third-order valence-corrected chi connectivity index (χ3v) is 3.57. The van der Waals surface area contributed by atoms with E-state index < -0.39 is 0 Å². The molecule has 98 valence electrons. The predicted octanol–water partition coefficient (Wildman–Crippen LogP) is 2.17. The zero-order valence-electron chi connectivity index (χ0n) is 10.4. The summed E-state index contributed by atoms with van der Waals surface area (Å²) in [6.45, 7) is 2.00. The van der Waals surface area contributed by atoms with Gasteiger partial charge in [0, 0.05) is 23.7 Å². The highest BCUT2D eigenvalue weighted by Crippen LogP contribution is 2.21. The summed E-state index contributed by atoms with van der Waals surface area (Å²) in [4.78, 5) is 8.32. The van der Waals surface area contributed by atoms with Gasteiger partial charge in [0.15, 0.2) is 11.0 Å². The minimum atomic E-state index is 0.119. The molecule has 0 radical (unpaired) electrons. The molecule has 0 bridgehead atoms. The van der Waals surface area contributed by atoms with Crippen LogP contribution >= 0.6 is 11.8 Å². The second-order valence-corrected chi connectivity index (χ2v) is 4.89. The van der Waals surface area contributed by atoms with Crippen LogP contribution in [-0.4, -0.2) is 21.0 Å². The number of benzene rings is 1. The number of amidine groups is 1. The van der Waals surface area contributed by atoms with Crippen molar-refractivity contribution < 1.29 is 5.21 Å². The van der Waals surface area contributed by atoms with Crippen LogP contribution < -0.4 is 5.73 Å². The van der Waals surface area contributed by atoms with E-state index in [9.17, 15) is 0 Å². The average molecular weight is 274 g/mol. The van der Waals surface area contributed by atoms with Crippen molar-refractivity contribution in [3.05, 3.63) is 53.3 Å². The number of aromatic nitrogens is 2. The van der Waals surface area contributed by atoms with Crippen molar-refractivity contribution in [2.45, 2.75) is 17.8 Å². The van der Waals surface area contributed by atoms with Gasteiger partial charge >= 0.3 is 0 Å². The summed E-state index contributed by atoms with van der Waals surface area (Å²) < 4.78 is 0. The third-order valence-electron chi connectivity index (χ3n) is 2.64. The molecular weight excluding hydrogens is 260 g/mol. The molecule has 1 aromatic carbocycles. The molecule has 2 rings (SSSR count). The van der Waals surface area contributed by atoms with Crippen molar-refractivity contribution in [1.82, 2.24) is 9.97 Å². The van der Waals surface area contributed by atoms with E-state index >= 15 is 0 Å². The molecule has 1 aromatic heterocycles. The van der Waals surface area contributed by atoms with Crippen molar-refractivity contribution in [1.29, 1.82) is 0 Å². The van der Waals surface area contributed by atoms with Crippen molar-refractivity contribution in [3.63, 3.8) is 0 Å². The third kappa shape index (κ3) is 3.45. The molecule has 0 saturated carbocycles. The first-order valence-corrected chi connectivity index (χ1v) is 6.66. The summed E-state index contributed by atoms with van der Waals surface area (Å²) in [5, 5.41) is 12.4. The Bertz CT molecular complexity index is 586. The van der Waals surface area contributed by atoms with Gasteiger partial charge in [0.2, 0.25) is 0 Å². The first-order valence-electron chi connectivity index (χ1n) is 5.68. The summed E-state index contributed by atoms with van der Waals surface area (Å²) in [6, 6.07) is 7.50. The Kier molecular flexibility index (Phi) is 4.35. The van der Waals surface area contributed by atoms with Crippen LogP contribution in [0.2, 0.25) is 0 Å². The van der Waals surface area contributed by atoms with Crippen molar-refractivity contribution in [3.8, 4) is 0 Å². The lowest BCUT2D eigenvalue weighted by atomic mass is 10.1. The number of oxime groups is 1. The SMILES string of the molecule is Cc1cc(/C(N)=N/O)ccc1CSc1ncccn1. The summed E-state index contributed by atoms with van der Waals surface area (Å²) in [5.41, 5.74) is 8.53. The molecule has 6 heteroatoms. The van der Waals surface area contributed by atoms with Crippen LogP contribution in [0.3, 0.4) is 0 Å². The highest BCUT2D eigenvalue weighted by atomic mass is 32.2. The standard InChI is InChI=1S/C13H14N4OS/c1-9-7-10(12(14)17-18)3-4-11(9)8-19-13-15-5-2-6-16-13/h2-7,18H,8H2,1H3,(H2,14,17). The Labute approximate surface area is 115 Å². The summed E-state index contributed by atoms with van der Waals surface area (Å²) >= 11 is 1.57. The van der Waals surface area contributed by atoms with E-state index in [1.165, 1.54) is 5.56 Å². The van der Waals surface area contributed by atoms with Crippen LogP contribution in [0.4, 0.5) is 0 Å². The van der Waals surface area contributed by atoms with Gasteiger partial charge in [0.1, 0.15) is 0 Å². The maximum absolute atomic E-state index is 8.64. The predicted molar refractivity (Wildman–Crippen MR) is 75.3 cm³/mol. The first kappa shape index (κ1) is 13.4. The van der Waals surface area contributed by atoms with E-state index in [0.717, 1.165) is 16.5 Å². The fraction of sp³-hybridized carbons (Fsp3) is 0.154. The quantitative estimate of drug-likeness (QED) is 0.223. The monoisotopic (exact) mass is 274 g/mol. The van der Waals surface area contributed by atoms with E-state index in [1.807, 2.05) is 25.1 Å². The molecule has 0 aliphatic carbocycles. The number of nitrogens with two attached hydrogens (primary N) is 1. The molecule has 0 fully saturated rings. The molecular formula is C13H14N4OS. The zero-order chi connectivity index (χ0) is 13.7. The first-order chi connectivity index (χ1) is 9.20. The molecule has 2 aromatic rings. The number of rotatable bonds is 4. The van der Waals surface area contributed by atoms with Gasteiger partial charge < -0.3 is 10.9 Å². The van der Waals surface area contributed by atoms with Gasteiger partial charge in [-0.25, -0.2) is 9.97 Å². The Balaban J connectivity index is 2.10. The summed E-state index contributed by atoms with van der Waals surface area (Å²) in [5.74, 6) is 0.903. The van der Waals surface area contributed by atoms with Gasteiger partial charge in [0.05, 0.1) is 0 Å². The Morgan fingerprint density at radius 1 is 1.37 bits per heavy atom. The Morgan fingerprint density at radius 2 is 2.11 bits per heavy atom. The maximum Gasteiger partial charge on any atom is 0.187 e. The molecule has 0 spiro atoms. The largest absolute Gasteiger partial charge is 0.409 e. The number of hydrogen-bond donors (Lipinski definition) is 2. The smallest absolute Gasteiger partial charge is 0.187 e. The number of hydrogen-bond acceptors (Lipinski definition) is 5. The molecule has 19 heavy (non-hydrogen) atoms. The fourth-order valence-electron chi connectivity index (χ4n) is 1.58. The molecule has 5 nitrogen and oxygen atoms in total. The molecule has 0 unspecified atom stereocenters. The summed E-state index contributed by atoms with van der Waals surface area (Å²) in [7, 11) is 0. The second kappa shape index (κ2) is 6.19. The minimum absolute atomic E-state index is 0.119. The lowest BCUT2D eigenvalue weighted by molar-refractivity contribution is 0.318. The molecule has 3 N–H and O–H groups in total. The van der Waals surface area contributed by atoms with Gasteiger partial charge in [0.25, 0.3) is 0 Å². The van der Waals surface area contributed by atoms with Gasteiger partial charge in [-0.05, 0) is 30.2 Å². The van der Waals surface area contributed by atoms with Crippen LogP contribution in [0.5, 0.6) is 0 Å². The fourth-order valence-corrected chi connectivity index (χ4v) is 2.46. The van der Waals surface area contributed by atoms with Gasteiger partial charge in [-0.15, -0.1) is 0 Å². The van der Waals surface area contributed by atoms with Gasteiger partial charge in [-0.2, -0.15) is 0 Å². The minimum Gasteiger partial charge on any atom is -0.409 e. The maximum atomic E-state index is 8.64. The second-order valence-electron chi connectivity index (χ2n) is 3.95. The normalized spacial score (nSPS) is 11.5. The molecule has 0 saturated heterocycles. The highest BCUT2D eigenvalue weighted by Gasteiger charge is 2.05. The van der Waals surface area contributed by atoms with Crippen LogP contribution in [-0.2, 0) is 5.75 Å². The average Bonchev–Trinajstić information content (AvgIpc) is 2.46. The zero-order valence-corrected chi connectivity index (χ0v) is 11.3. The Hall–Kier alpha value is -2.08. The van der Waals surface area contributed by atoms with Crippen LogP contribution in [0.25, 0.3) is 0 Å². The van der Waals surface area contributed by atoms with Crippen molar-refractivity contribution in [2.75, 3.05) is 0 Å².